The molecule has 10 nitrogen and oxygen atoms in total. The molecule has 182 valence electrons. The Morgan fingerprint density at radius 2 is 1.82 bits per heavy atom. The molecule has 2 fully saturated rings. The van der Waals surface area contributed by atoms with Crippen LogP contribution in [0.5, 0.6) is 0 Å². The maximum Gasteiger partial charge on any atom is 0.328 e. The zero-order valence-electron chi connectivity index (χ0n) is 20.5. The Labute approximate surface area is 199 Å². The number of nitrogens with one attached hydrogen (secondary N) is 2. The lowest BCUT2D eigenvalue weighted by atomic mass is 9.67. The topological polar surface area (TPSA) is 124 Å². The summed E-state index contributed by atoms with van der Waals surface area (Å²) in [6.45, 7) is 10.8. The Balaban J connectivity index is 1.54. The minimum Gasteiger partial charge on any atom is -0.305 e. The summed E-state index contributed by atoms with van der Waals surface area (Å²) in [5.41, 5.74) is 0.674. The first-order valence-corrected chi connectivity index (χ1v) is 11.8. The van der Waals surface area contributed by atoms with Crippen LogP contribution in [0, 0.1) is 11.3 Å². The van der Waals surface area contributed by atoms with Crippen molar-refractivity contribution in [3.8, 4) is 0 Å². The summed E-state index contributed by atoms with van der Waals surface area (Å²) in [5.74, 6) is 0.184. The second-order valence-electron chi connectivity index (χ2n) is 10.7. The van der Waals surface area contributed by atoms with Crippen molar-refractivity contribution in [2.24, 2.45) is 11.3 Å². The molecule has 34 heavy (non-hydrogen) atoms. The lowest BCUT2D eigenvalue weighted by Gasteiger charge is -2.44. The summed E-state index contributed by atoms with van der Waals surface area (Å²) < 4.78 is 0. The van der Waals surface area contributed by atoms with Gasteiger partial charge in [-0.2, -0.15) is 5.21 Å². The van der Waals surface area contributed by atoms with Crippen molar-refractivity contribution in [1.82, 2.24) is 30.4 Å². The van der Waals surface area contributed by atoms with Gasteiger partial charge in [0.1, 0.15) is 5.54 Å². The monoisotopic (exact) mass is 467 g/mol. The molecule has 1 aromatic heterocycles. The number of amides is 4. The number of aromatic nitrogens is 4. The van der Waals surface area contributed by atoms with Gasteiger partial charge in [-0.1, -0.05) is 38.0 Å². The van der Waals surface area contributed by atoms with Crippen LogP contribution in [0.4, 0.5) is 10.7 Å². The number of hydrogen-bond donors (Lipinski definition) is 2. The summed E-state index contributed by atoms with van der Waals surface area (Å²) in [5, 5.41) is 15.7. The average molecular weight is 468 g/mol. The van der Waals surface area contributed by atoms with Gasteiger partial charge < -0.3 is 4.90 Å². The first-order valence-electron chi connectivity index (χ1n) is 11.8. The molecule has 1 aliphatic heterocycles. The third-order valence-electron chi connectivity index (χ3n) is 7.25. The molecule has 2 aromatic rings. The maximum absolute atomic E-state index is 13.6. The molecule has 1 aliphatic carbocycles. The van der Waals surface area contributed by atoms with Crippen LogP contribution in [0.3, 0.4) is 0 Å². The van der Waals surface area contributed by atoms with E-state index in [1.165, 1.54) is 4.90 Å². The van der Waals surface area contributed by atoms with E-state index in [1.807, 2.05) is 26.0 Å². The van der Waals surface area contributed by atoms with Crippen LogP contribution in [0.2, 0.25) is 0 Å². The van der Waals surface area contributed by atoms with Crippen molar-refractivity contribution in [1.29, 1.82) is 0 Å². The van der Waals surface area contributed by atoms with Gasteiger partial charge >= 0.3 is 6.03 Å². The van der Waals surface area contributed by atoms with Gasteiger partial charge in [-0.05, 0) is 73.8 Å². The first-order chi connectivity index (χ1) is 16.0. The van der Waals surface area contributed by atoms with Crippen LogP contribution in [0.25, 0.3) is 0 Å². The minimum absolute atomic E-state index is 0.0732. The van der Waals surface area contributed by atoms with E-state index in [-0.39, 0.29) is 35.3 Å². The molecule has 4 rings (SSSR count). The molecule has 1 aromatic carbocycles. The van der Waals surface area contributed by atoms with Crippen LogP contribution in [0.1, 0.15) is 76.2 Å². The van der Waals surface area contributed by atoms with Gasteiger partial charge in [0.05, 0.1) is 0 Å². The number of imide groups is 1. The smallest absolute Gasteiger partial charge is 0.305 e. The average Bonchev–Trinajstić information content (AvgIpc) is 3.35. The molecular formula is C24H33N7O3. The summed E-state index contributed by atoms with van der Waals surface area (Å²) >= 11 is 0. The van der Waals surface area contributed by atoms with Crippen molar-refractivity contribution < 1.29 is 14.4 Å². The predicted octanol–water partition coefficient (Wildman–Crippen LogP) is 3.60. The van der Waals surface area contributed by atoms with E-state index in [0.717, 1.165) is 18.4 Å². The number of nitrogens with zero attached hydrogens (tertiary/aromatic N) is 5. The first kappa shape index (κ1) is 23.8. The van der Waals surface area contributed by atoms with Crippen molar-refractivity contribution in [2.75, 3.05) is 5.32 Å². The van der Waals surface area contributed by atoms with Crippen LogP contribution in [0.15, 0.2) is 24.3 Å². The van der Waals surface area contributed by atoms with Crippen molar-refractivity contribution in [3.63, 3.8) is 0 Å². The van der Waals surface area contributed by atoms with Gasteiger partial charge in [0.25, 0.3) is 17.8 Å². The van der Waals surface area contributed by atoms with Gasteiger partial charge in [0, 0.05) is 18.2 Å². The quantitative estimate of drug-likeness (QED) is 0.648. The number of tetrazole rings is 1. The van der Waals surface area contributed by atoms with Crippen molar-refractivity contribution >= 4 is 23.8 Å². The molecule has 0 radical (unpaired) electrons. The largest absolute Gasteiger partial charge is 0.328 e. The number of rotatable bonds is 5. The van der Waals surface area contributed by atoms with E-state index < -0.39 is 5.54 Å². The highest BCUT2D eigenvalue weighted by molar-refractivity contribution is 6.07. The lowest BCUT2D eigenvalue weighted by molar-refractivity contribution is -0.137. The van der Waals surface area contributed by atoms with Gasteiger partial charge in [-0.15, -0.1) is 5.10 Å². The SMILES string of the molecule is CC(C)N1C(=O)N(Cc2ccc(C(=O)Nc3nn[nH]n3)cc2)C2(CCC(C(C)(C)C)CC2)C1=O. The van der Waals surface area contributed by atoms with Crippen LogP contribution < -0.4 is 5.32 Å². The number of carbonyl (C=O) groups is 3. The summed E-state index contributed by atoms with van der Waals surface area (Å²) in [6, 6.07) is 6.59. The molecule has 1 saturated heterocycles. The summed E-state index contributed by atoms with van der Waals surface area (Å²) in [4.78, 5) is 42.6. The van der Waals surface area contributed by atoms with Crippen LogP contribution >= 0.6 is 0 Å². The Kier molecular flexibility index (Phi) is 6.18. The van der Waals surface area contributed by atoms with Gasteiger partial charge in [-0.25, -0.2) is 4.79 Å². The molecule has 0 unspecified atom stereocenters. The summed E-state index contributed by atoms with van der Waals surface area (Å²) in [6.07, 6.45) is 3.18. The number of anilines is 1. The molecule has 2 heterocycles. The number of benzene rings is 1. The fraction of sp³-hybridized carbons (Fsp3) is 0.583. The van der Waals surface area contributed by atoms with Crippen LogP contribution in [-0.4, -0.2) is 59.9 Å². The maximum atomic E-state index is 13.6. The van der Waals surface area contributed by atoms with E-state index in [0.29, 0.717) is 30.9 Å². The Morgan fingerprint density at radius 3 is 2.35 bits per heavy atom. The lowest BCUT2D eigenvalue weighted by Crippen LogP contribution is -2.52. The Hall–Kier alpha value is -3.30. The highest BCUT2D eigenvalue weighted by Gasteiger charge is 2.58. The van der Waals surface area contributed by atoms with Crippen molar-refractivity contribution in [2.45, 2.75) is 78.4 Å². The normalized spacial score (nSPS) is 23.3. The highest BCUT2D eigenvalue weighted by atomic mass is 16.2. The highest BCUT2D eigenvalue weighted by Crippen LogP contribution is 2.47. The van der Waals surface area contributed by atoms with Gasteiger partial charge in [-0.3, -0.25) is 19.8 Å². The number of hydrogen-bond acceptors (Lipinski definition) is 6. The van der Waals surface area contributed by atoms with E-state index >= 15 is 0 Å². The molecule has 1 spiro atoms. The third-order valence-corrected chi connectivity index (χ3v) is 7.25. The predicted molar refractivity (Wildman–Crippen MR) is 126 cm³/mol. The molecule has 2 aliphatic rings. The molecule has 2 N–H and O–H groups in total. The number of urea groups is 1. The van der Waals surface area contributed by atoms with Gasteiger partial charge in [0.15, 0.2) is 0 Å². The molecule has 0 bridgehead atoms. The number of H-pyrrole nitrogens is 1. The fourth-order valence-electron chi connectivity index (χ4n) is 5.19. The number of aromatic amines is 1. The van der Waals surface area contributed by atoms with E-state index in [1.54, 1.807) is 17.0 Å². The fourth-order valence-corrected chi connectivity index (χ4v) is 5.19. The molecule has 10 heteroatoms. The second-order valence-corrected chi connectivity index (χ2v) is 10.7. The molecule has 1 saturated carbocycles. The minimum atomic E-state index is -0.794. The number of carbonyl (C=O) groups excluding carboxylic acids is 3. The van der Waals surface area contributed by atoms with E-state index in [9.17, 15) is 14.4 Å². The van der Waals surface area contributed by atoms with E-state index in [4.69, 9.17) is 0 Å². The van der Waals surface area contributed by atoms with E-state index in [2.05, 4.69) is 46.7 Å². The van der Waals surface area contributed by atoms with Crippen molar-refractivity contribution in [3.05, 3.63) is 35.4 Å². The second kappa shape index (κ2) is 8.81. The Bertz CT molecular complexity index is 1050. The Morgan fingerprint density at radius 1 is 1.18 bits per heavy atom. The summed E-state index contributed by atoms with van der Waals surface area (Å²) in [7, 11) is 0. The zero-order chi connectivity index (χ0) is 24.7. The molecule has 4 amide bonds. The standard InChI is InChI=1S/C24H33N7O3/c1-15(2)31-20(33)24(12-10-18(11-13-24)23(3,4)5)30(22(31)34)14-16-6-8-17(9-7-16)19(32)25-21-26-28-29-27-21/h6-9,15,18H,10-14H2,1-5H3,(H2,25,26,27,28,29,32). The van der Waals surface area contributed by atoms with Crippen LogP contribution in [-0.2, 0) is 11.3 Å². The molecule has 0 atom stereocenters. The molecular weight excluding hydrogens is 434 g/mol. The van der Waals surface area contributed by atoms with Gasteiger partial charge in [0.2, 0.25) is 0 Å². The zero-order valence-corrected chi connectivity index (χ0v) is 20.5. The third kappa shape index (κ3) is 4.28.